The molecule has 0 fully saturated rings. The van der Waals surface area contributed by atoms with Gasteiger partial charge in [0.1, 0.15) is 5.82 Å². The van der Waals surface area contributed by atoms with E-state index >= 15 is 0 Å². The van der Waals surface area contributed by atoms with Crippen LogP contribution in [0.3, 0.4) is 0 Å². The highest BCUT2D eigenvalue weighted by molar-refractivity contribution is 6.25. The molecule has 0 bridgehead atoms. The summed E-state index contributed by atoms with van der Waals surface area (Å²) in [6.07, 6.45) is 4.54. The lowest BCUT2D eigenvalue weighted by molar-refractivity contribution is -0.134. The molecule has 1 aromatic rings. The topological polar surface area (TPSA) is 114 Å². The smallest absolute Gasteiger partial charge is 0.328 e. The maximum atomic E-state index is 9.55. The number of carboxylic acid groups (broad SMARTS) is 2. The van der Waals surface area contributed by atoms with Gasteiger partial charge in [-0.2, -0.15) is 0 Å². The first kappa shape index (κ1) is 19.0. The Morgan fingerprint density at radius 3 is 1.89 bits per heavy atom. The van der Waals surface area contributed by atoms with Gasteiger partial charge in [-0.3, -0.25) is 0 Å². The van der Waals surface area contributed by atoms with Crippen LogP contribution < -0.4 is 5.73 Å². The van der Waals surface area contributed by atoms with Gasteiger partial charge in [0.15, 0.2) is 0 Å². The van der Waals surface area contributed by atoms with Gasteiger partial charge in [0.25, 0.3) is 0 Å². The first-order valence-corrected chi connectivity index (χ1v) is 5.39. The van der Waals surface area contributed by atoms with E-state index < -0.39 is 11.9 Å². The average molecular weight is 287 g/mol. The highest BCUT2D eigenvalue weighted by atomic mass is 35.5. The van der Waals surface area contributed by atoms with Gasteiger partial charge >= 0.3 is 11.9 Å². The van der Waals surface area contributed by atoms with Crippen molar-refractivity contribution in [3.63, 3.8) is 0 Å². The Kier molecular flexibility index (Phi) is 13.7. The number of aromatic nitrogens is 1. The van der Waals surface area contributed by atoms with Crippen LogP contribution in [0.15, 0.2) is 48.2 Å². The monoisotopic (exact) mass is 286 g/mol. The lowest BCUT2D eigenvalue weighted by Gasteiger charge is -1.82. The van der Waals surface area contributed by atoms with Crippen LogP contribution in [0, 0.1) is 0 Å². The Morgan fingerprint density at radius 1 is 1.26 bits per heavy atom. The molecule has 0 aromatic carbocycles. The van der Waals surface area contributed by atoms with Crippen molar-refractivity contribution in [2.75, 3.05) is 5.73 Å². The van der Waals surface area contributed by atoms with E-state index in [4.69, 9.17) is 27.5 Å². The summed E-state index contributed by atoms with van der Waals surface area (Å²) in [5.41, 5.74) is 6.72. The minimum Gasteiger partial charge on any atom is -0.478 e. The van der Waals surface area contributed by atoms with E-state index in [1.165, 1.54) is 5.54 Å². The number of allylic oxidation sites excluding steroid dienone is 1. The van der Waals surface area contributed by atoms with Crippen molar-refractivity contribution in [2.45, 2.75) is 6.92 Å². The molecule has 0 saturated carbocycles. The molecule has 104 valence electrons. The molecule has 4 N–H and O–H groups in total. The molecule has 0 unspecified atom stereocenters. The number of nitrogens with two attached hydrogens (primary N) is 1. The number of pyridine rings is 1. The molecule has 0 radical (unpaired) electrons. The quantitative estimate of drug-likeness (QED) is 0.718. The molecule has 0 atom stereocenters. The largest absolute Gasteiger partial charge is 0.478 e. The first-order chi connectivity index (χ1) is 8.93. The van der Waals surface area contributed by atoms with Crippen molar-refractivity contribution in [2.24, 2.45) is 0 Å². The molecular weight excluding hydrogens is 272 g/mol. The molecule has 7 heteroatoms. The van der Waals surface area contributed by atoms with E-state index in [1.54, 1.807) is 18.3 Å². The lowest BCUT2D eigenvalue weighted by atomic mass is 10.5. The Balaban J connectivity index is 0. The van der Waals surface area contributed by atoms with E-state index in [0.717, 1.165) is 0 Å². The summed E-state index contributed by atoms with van der Waals surface area (Å²) in [6.45, 7) is 1.87. The fraction of sp³-hybridized carbons (Fsp3) is 0.0833. The van der Waals surface area contributed by atoms with Gasteiger partial charge in [-0.1, -0.05) is 23.7 Å². The molecular formula is C12H15ClN2O4. The number of hydrogen-bond acceptors (Lipinski definition) is 4. The number of rotatable bonds is 2. The zero-order chi connectivity index (χ0) is 15.1. The summed E-state index contributed by atoms with van der Waals surface area (Å²) in [6, 6.07) is 5.43. The van der Waals surface area contributed by atoms with E-state index in [9.17, 15) is 9.59 Å². The van der Waals surface area contributed by atoms with Gasteiger partial charge in [0.2, 0.25) is 0 Å². The third-order valence-electron chi connectivity index (χ3n) is 1.18. The lowest BCUT2D eigenvalue weighted by Crippen LogP contribution is -1.91. The van der Waals surface area contributed by atoms with E-state index in [1.807, 2.05) is 19.1 Å². The number of carboxylic acids is 2. The zero-order valence-corrected chi connectivity index (χ0v) is 11.0. The number of halogens is 1. The summed E-state index contributed by atoms with van der Waals surface area (Å²) in [5.74, 6) is -1.94. The van der Waals surface area contributed by atoms with Crippen LogP contribution in [-0.2, 0) is 9.59 Å². The van der Waals surface area contributed by atoms with Crippen molar-refractivity contribution in [3.05, 3.63) is 48.2 Å². The van der Waals surface area contributed by atoms with Gasteiger partial charge in [-0.05, 0) is 24.6 Å². The molecule has 0 saturated heterocycles. The van der Waals surface area contributed by atoms with E-state index in [2.05, 4.69) is 4.98 Å². The Hall–Kier alpha value is -2.34. The SMILES string of the molecule is CC=CCl.Nc1ccccn1.O=C(O)/C=C\C(=O)O. The minimum absolute atomic E-state index is 0.558. The summed E-state index contributed by atoms with van der Waals surface area (Å²) in [7, 11) is 0. The Morgan fingerprint density at radius 2 is 1.74 bits per heavy atom. The van der Waals surface area contributed by atoms with Gasteiger partial charge in [0.05, 0.1) is 0 Å². The van der Waals surface area contributed by atoms with Crippen LogP contribution in [0.1, 0.15) is 6.92 Å². The number of aliphatic carboxylic acids is 2. The van der Waals surface area contributed by atoms with Crippen LogP contribution in [0.25, 0.3) is 0 Å². The predicted molar refractivity (Wildman–Crippen MR) is 73.7 cm³/mol. The first-order valence-electron chi connectivity index (χ1n) is 4.95. The number of hydrogen-bond donors (Lipinski definition) is 3. The number of nitrogen functional groups attached to an aromatic ring is 1. The number of anilines is 1. The number of carbonyl (C=O) groups is 2. The highest BCUT2D eigenvalue weighted by Crippen LogP contribution is 1.89. The van der Waals surface area contributed by atoms with Gasteiger partial charge in [0, 0.05) is 18.3 Å². The second kappa shape index (κ2) is 13.7. The molecule has 1 rings (SSSR count). The normalized spacial score (nSPS) is 9.16. The van der Waals surface area contributed by atoms with Crippen LogP contribution in [0.2, 0.25) is 0 Å². The molecule has 0 aliphatic heterocycles. The molecule has 19 heavy (non-hydrogen) atoms. The van der Waals surface area contributed by atoms with Crippen molar-refractivity contribution < 1.29 is 19.8 Å². The van der Waals surface area contributed by atoms with Crippen molar-refractivity contribution in [1.82, 2.24) is 4.98 Å². The highest BCUT2D eigenvalue weighted by Gasteiger charge is 1.88. The van der Waals surface area contributed by atoms with Gasteiger partial charge in [-0.25, -0.2) is 14.6 Å². The maximum absolute atomic E-state index is 9.55. The fourth-order valence-corrected chi connectivity index (χ4v) is 0.519. The number of nitrogens with zero attached hydrogens (tertiary/aromatic N) is 1. The second-order valence-corrected chi connectivity index (χ2v) is 2.98. The maximum Gasteiger partial charge on any atom is 0.328 e. The Bertz CT molecular complexity index is 399. The summed E-state index contributed by atoms with van der Waals surface area (Å²) >= 11 is 5.01. The molecule has 0 amide bonds. The molecule has 0 aliphatic rings. The van der Waals surface area contributed by atoms with Crippen LogP contribution in [-0.4, -0.2) is 27.1 Å². The van der Waals surface area contributed by atoms with Gasteiger partial charge < -0.3 is 15.9 Å². The van der Waals surface area contributed by atoms with E-state index in [0.29, 0.717) is 18.0 Å². The predicted octanol–water partition coefficient (Wildman–Crippen LogP) is 2.13. The summed E-state index contributed by atoms with van der Waals surface area (Å²) in [5, 5.41) is 15.6. The minimum atomic E-state index is -1.26. The summed E-state index contributed by atoms with van der Waals surface area (Å²) < 4.78 is 0. The third-order valence-corrected chi connectivity index (χ3v) is 1.43. The van der Waals surface area contributed by atoms with Crippen LogP contribution in [0.4, 0.5) is 5.82 Å². The van der Waals surface area contributed by atoms with Crippen molar-refractivity contribution in [1.29, 1.82) is 0 Å². The van der Waals surface area contributed by atoms with Crippen molar-refractivity contribution in [3.8, 4) is 0 Å². The second-order valence-electron chi connectivity index (χ2n) is 2.72. The fourth-order valence-electron chi connectivity index (χ4n) is 0.519. The van der Waals surface area contributed by atoms with Crippen LogP contribution in [0.5, 0.6) is 0 Å². The zero-order valence-electron chi connectivity index (χ0n) is 10.2. The molecule has 0 aliphatic carbocycles. The molecule has 6 nitrogen and oxygen atoms in total. The average Bonchev–Trinajstić information content (AvgIpc) is 2.38. The van der Waals surface area contributed by atoms with Crippen LogP contribution >= 0.6 is 11.6 Å². The summed E-state index contributed by atoms with van der Waals surface area (Å²) in [4.78, 5) is 22.9. The Labute approximate surface area is 115 Å². The van der Waals surface area contributed by atoms with Gasteiger partial charge in [-0.15, -0.1) is 0 Å². The molecule has 1 aromatic heterocycles. The van der Waals surface area contributed by atoms with Crippen molar-refractivity contribution >= 4 is 29.4 Å². The molecule has 0 spiro atoms. The van der Waals surface area contributed by atoms with E-state index in [-0.39, 0.29) is 0 Å². The standard InChI is InChI=1S/C5H6N2.C4H4O4.C3H5Cl/c6-5-3-1-2-4-7-5;5-3(6)1-2-4(7)8;1-2-3-4/h1-4H,(H2,6,7);1-2H,(H,5,6)(H,7,8);2-3H,1H3/b;2-1-;. The third kappa shape index (κ3) is 21.5. The molecule has 1 heterocycles.